The number of piperidine rings is 1. The van der Waals surface area contributed by atoms with Crippen LogP contribution in [0.5, 0.6) is 0 Å². The van der Waals surface area contributed by atoms with Gasteiger partial charge in [-0.3, -0.25) is 0 Å². The Labute approximate surface area is 120 Å². The van der Waals surface area contributed by atoms with Crippen molar-refractivity contribution in [2.45, 2.75) is 31.8 Å². The number of nitrogens with one attached hydrogen (secondary N) is 1. The molecule has 1 aliphatic rings. The molecule has 0 aliphatic carbocycles. The van der Waals surface area contributed by atoms with Crippen LogP contribution in [0.3, 0.4) is 0 Å². The van der Waals surface area contributed by atoms with Gasteiger partial charge in [0.25, 0.3) is 0 Å². The van der Waals surface area contributed by atoms with Gasteiger partial charge in [0.05, 0.1) is 12.3 Å². The Kier molecular flexibility index (Phi) is 4.07. The average molecular weight is 270 g/mol. The average Bonchev–Trinajstić information content (AvgIpc) is 3.03. The van der Waals surface area contributed by atoms with Gasteiger partial charge in [0.15, 0.2) is 0 Å². The molecule has 0 amide bonds. The summed E-state index contributed by atoms with van der Waals surface area (Å²) in [4.78, 5) is 2.47. The van der Waals surface area contributed by atoms with Crippen molar-refractivity contribution in [2.24, 2.45) is 0 Å². The van der Waals surface area contributed by atoms with E-state index in [9.17, 15) is 0 Å². The summed E-state index contributed by atoms with van der Waals surface area (Å²) in [5.74, 6) is 1.02. The summed E-state index contributed by atoms with van der Waals surface area (Å²) in [5, 5.41) is 3.67. The zero-order valence-corrected chi connectivity index (χ0v) is 12.0. The summed E-state index contributed by atoms with van der Waals surface area (Å²) in [6.07, 6.45) is 4.10. The fraction of sp³-hybridized carbons (Fsp3) is 0.412. The predicted molar refractivity (Wildman–Crippen MR) is 81.9 cm³/mol. The van der Waals surface area contributed by atoms with Crippen molar-refractivity contribution in [1.29, 1.82) is 0 Å². The summed E-state index contributed by atoms with van der Waals surface area (Å²) in [6.45, 7) is 4.40. The maximum absolute atomic E-state index is 5.45. The molecule has 1 atom stereocenters. The first-order valence-corrected chi connectivity index (χ1v) is 7.42. The fourth-order valence-corrected chi connectivity index (χ4v) is 2.92. The van der Waals surface area contributed by atoms with Gasteiger partial charge < -0.3 is 14.6 Å². The van der Waals surface area contributed by atoms with Crippen molar-refractivity contribution in [3.05, 3.63) is 54.5 Å². The van der Waals surface area contributed by atoms with Crippen LogP contribution in [0.15, 0.2) is 53.1 Å². The van der Waals surface area contributed by atoms with E-state index in [4.69, 9.17) is 4.42 Å². The maximum atomic E-state index is 5.45. The maximum Gasteiger partial charge on any atom is 0.120 e. The van der Waals surface area contributed by atoms with Crippen LogP contribution in [0.1, 0.15) is 31.6 Å². The van der Waals surface area contributed by atoms with Crippen LogP contribution < -0.4 is 10.2 Å². The second kappa shape index (κ2) is 6.14. The Morgan fingerprint density at radius 1 is 1.10 bits per heavy atom. The third-order valence-corrected chi connectivity index (χ3v) is 4.07. The van der Waals surface area contributed by atoms with E-state index in [1.165, 1.54) is 18.5 Å². The molecule has 0 bridgehead atoms. The standard InChI is InChI=1S/C17H22N2O/c1-14(17-8-5-13-20-17)18-15-9-11-19(12-10-15)16-6-3-2-4-7-16/h2-8,13-15,18H,9-12H2,1H3. The lowest BCUT2D eigenvalue weighted by Gasteiger charge is -2.35. The summed E-state index contributed by atoms with van der Waals surface area (Å²) >= 11 is 0. The van der Waals surface area contributed by atoms with E-state index in [0.29, 0.717) is 12.1 Å². The summed E-state index contributed by atoms with van der Waals surface area (Å²) in [7, 11) is 0. The SMILES string of the molecule is CC(NC1CCN(c2ccccc2)CC1)c1ccco1. The second-order valence-corrected chi connectivity index (χ2v) is 5.50. The zero-order chi connectivity index (χ0) is 13.8. The lowest BCUT2D eigenvalue weighted by Crippen LogP contribution is -2.43. The van der Waals surface area contributed by atoms with Gasteiger partial charge in [-0.25, -0.2) is 0 Å². The normalized spacial score (nSPS) is 18.1. The van der Waals surface area contributed by atoms with Gasteiger partial charge in [-0.2, -0.15) is 0 Å². The minimum Gasteiger partial charge on any atom is -0.468 e. The van der Waals surface area contributed by atoms with Gasteiger partial charge in [0, 0.05) is 24.8 Å². The van der Waals surface area contributed by atoms with Gasteiger partial charge >= 0.3 is 0 Å². The Bertz CT molecular complexity index is 501. The van der Waals surface area contributed by atoms with E-state index in [-0.39, 0.29) is 0 Å². The number of anilines is 1. The highest BCUT2D eigenvalue weighted by Gasteiger charge is 2.21. The number of nitrogens with zero attached hydrogens (tertiary/aromatic N) is 1. The van der Waals surface area contributed by atoms with Gasteiger partial charge in [-0.05, 0) is 44.0 Å². The van der Waals surface area contributed by atoms with E-state index in [0.717, 1.165) is 18.8 Å². The molecule has 1 aliphatic heterocycles. The molecule has 3 heteroatoms. The van der Waals surface area contributed by atoms with E-state index in [1.807, 2.05) is 12.1 Å². The number of benzene rings is 1. The molecular weight excluding hydrogens is 248 g/mol. The number of rotatable bonds is 4. The molecule has 0 spiro atoms. The number of hydrogen-bond donors (Lipinski definition) is 1. The van der Waals surface area contributed by atoms with E-state index in [1.54, 1.807) is 6.26 Å². The third-order valence-electron chi connectivity index (χ3n) is 4.07. The molecule has 1 saturated heterocycles. The molecule has 1 unspecified atom stereocenters. The summed E-state index contributed by atoms with van der Waals surface area (Å²) in [6, 6.07) is 15.5. The van der Waals surface area contributed by atoms with Crippen LogP contribution in [0, 0.1) is 0 Å². The summed E-state index contributed by atoms with van der Waals surface area (Å²) in [5.41, 5.74) is 1.34. The highest BCUT2D eigenvalue weighted by Crippen LogP contribution is 2.21. The van der Waals surface area contributed by atoms with Crippen LogP contribution in [0.2, 0.25) is 0 Å². The molecule has 1 aromatic carbocycles. The fourth-order valence-electron chi connectivity index (χ4n) is 2.92. The molecule has 1 fully saturated rings. The van der Waals surface area contributed by atoms with Crippen LogP contribution in [0.25, 0.3) is 0 Å². The number of furan rings is 1. The highest BCUT2D eigenvalue weighted by molar-refractivity contribution is 5.46. The number of para-hydroxylation sites is 1. The van der Waals surface area contributed by atoms with Crippen LogP contribution in [-0.2, 0) is 0 Å². The van der Waals surface area contributed by atoms with Gasteiger partial charge in [0.1, 0.15) is 5.76 Å². The Morgan fingerprint density at radius 3 is 2.50 bits per heavy atom. The van der Waals surface area contributed by atoms with Gasteiger partial charge in [0.2, 0.25) is 0 Å². The van der Waals surface area contributed by atoms with Crippen molar-refractivity contribution in [3.63, 3.8) is 0 Å². The van der Waals surface area contributed by atoms with Gasteiger partial charge in [-0.15, -0.1) is 0 Å². The van der Waals surface area contributed by atoms with Crippen LogP contribution in [-0.4, -0.2) is 19.1 Å². The molecule has 0 saturated carbocycles. The molecule has 3 rings (SSSR count). The monoisotopic (exact) mass is 270 g/mol. The first-order valence-electron chi connectivity index (χ1n) is 7.42. The Morgan fingerprint density at radius 2 is 1.85 bits per heavy atom. The Balaban J connectivity index is 1.51. The minimum absolute atomic E-state index is 0.290. The van der Waals surface area contributed by atoms with Crippen molar-refractivity contribution in [2.75, 3.05) is 18.0 Å². The highest BCUT2D eigenvalue weighted by atomic mass is 16.3. The molecule has 106 valence electrons. The first kappa shape index (κ1) is 13.3. The second-order valence-electron chi connectivity index (χ2n) is 5.50. The quantitative estimate of drug-likeness (QED) is 0.920. The van der Waals surface area contributed by atoms with Crippen LogP contribution in [0.4, 0.5) is 5.69 Å². The van der Waals surface area contributed by atoms with E-state index in [2.05, 4.69) is 47.5 Å². The van der Waals surface area contributed by atoms with E-state index < -0.39 is 0 Å². The summed E-state index contributed by atoms with van der Waals surface area (Å²) < 4.78 is 5.45. The predicted octanol–water partition coefficient (Wildman–Crippen LogP) is 3.60. The lowest BCUT2D eigenvalue weighted by atomic mass is 10.0. The molecule has 3 nitrogen and oxygen atoms in total. The zero-order valence-electron chi connectivity index (χ0n) is 12.0. The third kappa shape index (κ3) is 3.05. The molecule has 1 N–H and O–H groups in total. The van der Waals surface area contributed by atoms with E-state index >= 15 is 0 Å². The van der Waals surface area contributed by atoms with Crippen molar-refractivity contribution in [3.8, 4) is 0 Å². The lowest BCUT2D eigenvalue weighted by molar-refractivity contribution is 0.347. The molecule has 20 heavy (non-hydrogen) atoms. The molecule has 2 heterocycles. The smallest absolute Gasteiger partial charge is 0.120 e. The largest absolute Gasteiger partial charge is 0.468 e. The van der Waals surface area contributed by atoms with Crippen molar-refractivity contribution < 1.29 is 4.42 Å². The van der Waals surface area contributed by atoms with Crippen molar-refractivity contribution in [1.82, 2.24) is 5.32 Å². The topological polar surface area (TPSA) is 28.4 Å². The van der Waals surface area contributed by atoms with Gasteiger partial charge in [-0.1, -0.05) is 18.2 Å². The molecule has 0 radical (unpaired) electrons. The first-order chi connectivity index (χ1) is 9.83. The number of hydrogen-bond acceptors (Lipinski definition) is 3. The molecular formula is C17H22N2O. The minimum atomic E-state index is 0.290. The molecule has 2 aromatic rings. The molecule has 1 aromatic heterocycles. The Hall–Kier alpha value is -1.74. The van der Waals surface area contributed by atoms with Crippen LogP contribution >= 0.6 is 0 Å². The van der Waals surface area contributed by atoms with Crippen molar-refractivity contribution >= 4 is 5.69 Å².